The zero-order valence-electron chi connectivity index (χ0n) is 30.1. The molecule has 3 aromatic rings. The lowest BCUT2D eigenvalue weighted by molar-refractivity contribution is -0.385. The standard InChI is InChI=1S/C41H45N3O9/c1-2-7-33-34-14-15-41(53-38(34)13-12-36(33)44(46)47)40(28-31-8-3-4-9-32(31)29-40)35-10-5-6-11-37(35)43(41)30-39(45)42-16-18-48-20-22-50-24-26-52-27-25-51-23-21-49-19-17-42/h3-6,8-15H,16-30H2,1H3. The Morgan fingerprint density at radius 2 is 1.36 bits per heavy atom. The van der Waals surface area contributed by atoms with Crippen LogP contribution in [0.1, 0.15) is 34.7 Å². The van der Waals surface area contributed by atoms with Gasteiger partial charge in [-0.25, -0.2) is 0 Å². The summed E-state index contributed by atoms with van der Waals surface area (Å²) in [4.78, 5) is 30.1. The van der Waals surface area contributed by atoms with E-state index in [9.17, 15) is 14.9 Å². The smallest absolute Gasteiger partial charge is 0.285 e. The van der Waals surface area contributed by atoms with Gasteiger partial charge in [0.1, 0.15) is 17.9 Å². The number of amides is 1. The van der Waals surface area contributed by atoms with Crippen LogP contribution in [0.3, 0.4) is 0 Å². The number of ether oxygens (including phenoxy) is 6. The third kappa shape index (κ3) is 7.28. The van der Waals surface area contributed by atoms with E-state index in [0.717, 1.165) is 11.3 Å². The van der Waals surface area contributed by atoms with Gasteiger partial charge in [0.05, 0.1) is 76.4 Å². The van der Waals surface area contributed by atoms with Gasteiger partial charge in [0.25, 0.3) is 5.69 Å². The number of carbonyl (C=O) groups excluding carboxylic acids is 1. The van der Waals surface area contributed by atoms with Crippen LogP contribution in [0.2, 0.25) is 0 Å². The molecule has 3 heterocycles. The van der Waals surface area contributed by atoms with Crippen LogP contribution in [0.15, 0.2) is 66.7 Å². The zero-order chi connectivity index (χ0) is 36.7. The van der Waals surface area contributed by atoms with Crippen LogP contribution < -0.4 is 9.64 Å². The Hall–Kier alpha value is -4.77. The summed E-state index contributed by atoms with van der Waals surface area (Å²) in [5.74, 6) is 6.15. The Morgan fingerprint density at radius 3 is 1.94 bits per heavy atom. The van der Waals surface area contributed by atoms with Crippen molar-refractivity contribution in [3.05, 3.63) is 105 Å². The maximum atomic E-state index is 14.6. The largest absolute Gasteiger partial charge is 0.463 e. The van der Waals surface area contributed by atoms with Crippen molar-refractivity contribution >= 4 is 23.4 Å². The number of hydrogen-bond donors (Lipinski definition) is 0. The lowest BCUT2D eigenvalue weighted by Gasteiger charge is -2.48. The van der Waals surface area contributed by atoms with Gasteiger partial charge in [0.2, 0.25) is 11.6 Å². The SMILES string of the molecule is CC#Cc1c([N+](=O)[O-])ccc2c1C=CC1(O2)N(CC(=O)N2CCOCCOCCOCCOCCOCC2)c2ccccc2C12Cc1ccccc1C2. The molecule has 1 fully saturated rings. The van der Waals surface area contributed by atoms with Crippen molar-refractivity contribution in [1.82, 2.24) is 4.90 Å². The molecule has 278 valence electrons. The van der Waals surface area contributed by atoms with Gasteiger partial charge < -0.3 is 38.2 Å². The van der Waals surface area contributed by atoms with Crippen molar-refractivity contribution in [2.45, 2.75) is 30.9 Å². The molecule has 2 spiro atoms. The Labute approximate surface area is 309 Å². The van der Waals surface area contributed by atoms with E-state index in [2.05, 4.69) is 53.1 Å². The van der Waals surface area contributed by atoms with Crippen LogP contribution in [0, 0.1) is 22.0 Å². The average molecular weight is 724 g/mol. The number of benzene rings is 3. The number of fused-ring (bicyclic) bond motifs is 5. The third-order valence-corrected chi connectivity index (χ3v) is 10.4. The van der Waals surface area contributed by atoms with Crippen molar-refractivity contribution in [3.8, 4) is 17.6 Å². The monoisotopic (exact) mass is 723 g/mol. The number of nitro groups is 1. The Balaban J connectivity index is 1.23. The summed E-state index contributed by atoms with van der Waals surface area (Å²) in [5.41, 5.74) is 3.46. The van der Waals surface area contributed by atoms with Gasteiger partial charge in [-0.15, -0.1) is 5.92 Å². The lowest BCUT2D eigenvalue weighted by Crippen LogP contribution is -2.64. The Kier molecular flexibility index (Phi) is 11.4. The maximum Gasteiger partial charge on any atom is 0.285 e. The average Bonchev–Trinajstić information content (AvgIpc) is 3.66. The first-order valence-electron chi connectivity index (χ1n) is 18.2. The number of hydrogen-bond acceptors (Lipinski definition) is 10. The van der Waals surface area contributed by atoms with Gasteiger partial charge in [0.15, 0.2) is 0 Å². The summed E-state index contributed by atoms with van der Waals surface area (Å²) >= 11 is 0. The van der Waals surface area contributed by atoms with Crippen molar-refractivity contribution in [2.24, 2.45) is 0 Å². The van der Waals surface area contributed by atoms with Gasteiger partial charge in [0, 0.05) is 30.4 Å². The molecule has 1 atom stereocenters. The van der Waals surface area contributed by atoms with E-state index in [1.54, 1.807) is 17.9 Å². The van der Waals surface area contributed by atoms with Crippen LogP contribution in [-0.2, 0) is 46.7 Å². The molecule has 0 saturated carbocycles. The second-order valence-electron chi connectivity index (χ2n) is 13.4. The molecule has 3 aliphatic heterocycles. The van der Waals surface area contributed by atoms with Crippen LogP contribution in [0.25, 0.3) is 6.08 Å². The lowest BCUT2D eigenvalue weighted by atomic mass is 9.70. The first-order chi connectivity index (χ1) is 26.0. The highest BCUT2D eigenvalue weighted by Gasteiger charge is 2.65. The first-order valence-corrected chi connectivity index (χ1v) is 18.2. The second kappa shape index (κ2) is 16.5. The Morgan fingerprint density at radius 1 is 0.792 bits per heavy atom. The van der Waals surface area contributed by atoms with E-state index in [4.69, 9.17) is 28.4 Å². The van der Waals surface area contributed by atoms with Crippen LogP contribution >= 0.6 is 0 Å². The maximum absolute atomic E-state index is 14.6. The molecule has 53 heavy (non-hydrogen) atoms. The minimum atomic E-state index is -1.15. The predicted molar refractivity (Wildman–Crippen MR) is 198 cm³/mol. The molecule has 0 aromatic heterocycles. The van der Waals surface area contributed by atoms with Gasteiger partial charge in [-0.05, 0) is 60.7 Å². The summed E-state index contributed by atoms with van der Waals surface area (Å²) in [7, 11) is 0. The molecule has 12 nitrogen and oxygen atoms in total. The second-order valence-corrected chi connectivity index (χ2v) is 13.4. The molecule has 0 bridgehead atoms. The molecule has 0 radical (unpaired) electrons. The number of carbonyl (C=O) groups is 1. The van der Waals surface area contributed by atoms with E-state index < -0.39 is 16.1 Å². The summed E-state index contributed by atoms with van der Waals surface area (Å²) in [5, 5.41) is 12.0. The number of para-hydroxylation sites is 1. The van der Waals surface area contributed by atoms with Crippen molar-refractivity contribution in [1.29, 1.82) is 0 Å². The summed E-state index contributed by atoms with van der Waals surface area (Å²) < 4.78 is 35.7. The zero-order valence-corrected chi connectivity index (χ0v) is 30.1. The molecule has 0 N–H and O–H groups in total. The van der Waals surface area contributed by atoms with Crippen molar-refractivity contribution < 1.29 is 38.1 Å². The molecule has 7 rings (SSSR count). The van der Waals surface area contributed by atoms with Gasteiger partial charge in [-0.3, -0.25) is 14.9 Å². The van der Waals surface area contributed by atoms with Gasteiger partial charge in [-0.2, -0.15) is 0 Å². The van der Waals surface area contributed by atoms with Crippen molar-refractivity contribution in [3.63, 3.8) is 0 Å². The summed E-state index contributed by atoms with van der Waals surface area (Å²) in [6.07, 6.45) is 5.26. The highest BCUT2D eigenvalue weighted by atomic mass is 16.6. The van der Waals surface area contributed by atoms with E-state index in [0.29, 0.717) is 109 Å². The topological polar surface area (TPSA) is 122 Å². The number of nitrogens with zero attached hydrogens (tertiary/aromatic N) is 3. The van der Waals surface area contributed by atoms with Crippen LogP contribution in [-0.4, -0.2) is 107 Å². The number of nitro benzene ring substituents is 1. The minimum absolute atomic E-state index is 0.00953. The summed E-state index contributed by atoms with van der Waals surface area (Å²) in [6.45, 7) is 6.60. The first kappa shape index (κ1) is 36.6. The van der Waals surface area contributed by atoms with Gasteiger partial charge >= 0.3 is 0 Å². The molecule has 1 amide bonds. The minimum Gasteiger partial charge on any atom is -0.463 e. The fourth-order valence-electron chi connectivity index (χ4n) is 7.99. The van der Waals surface area contributed by atoms with E-state index in [1.165, 1.54) is 17.2 Å². The fraction of sp³-hybridized carbons (Fsp3) is 0.439. The molecule has 12 heteroatoms. The molecule has 1 saturated heterocycles. The fourth-order valence-corrected chi connectivity index (χ4v) is 7.99. The molecule has 3 aromatic carbocycles. The van der Waals surface area contributed by atoms with Crippen molar-refractivity contribution in [2.75, 3.05) is 90.6 Å². The highest BCUT2D eigenvalue weighted by molar-refractivity contribution is 5.86. The van der Waals surface area contributed by atoms with E-state index >= 15 is 0 Å². The summed E-state index contributed by atoms with van der Waals surface area (Å²) in [6, 6.07) is 19.7. The van der Waals surface area contributed by atoms with Gasteiger partial charge in [-0.1, -0.05) is 48.4 Å². The Bertz CT molecular complexity index is 1860. The third-order valence-electron chi connectivity index (χ3n) is 10.4. The molecular weight excluding hydrogens is 678 g/mol. The van der Waals surface area contributed by atoms with Crippen LogP contribution in [0.4, 0.5) is 11.4 Å². The number of anilines is 1. The normalized spacial score (nSPS) is 21.8. The number of rotatable bonds is 3. The molecule has 1 aliphatic carbocycles. The predicted octanol–water partition coefficient (Wildman–Crippen LogP) is 4.55. The quantitative estimate of drug-likeness (QED) is 0.216. The molecular formula is C41H45N3O9. The van der Waals surface area contributed by atoms with Crippen LogP contribution in [0.5, 0.6) is 5.75 Å². The highest BCUT2D eigenvalue weighted by Crippen LogP contribution is 2.60. The molecule has 1 unspecified atom stereocenters. The van der Waals surface area contributed by atoms with E-state index in [1.807, 2.05) is 24.3 Å². The molecule has 4 aliphatic rings. The van der Waals surface area contributed by atoms with E-state index in [-0.39, 0.29) is 18.1 Å².